The van der Waals surface area contributed by atoms with E-state index in [1.807, 2.05) is 24.3 Å². The van der Waals surface area contributed by atoms with E-state index < -0.39 is 0 Å². The van der Waals surface area contributed by atoms with E-state index in [1.54, 1.807) is 14.2 Å². The van der Waals surface area contributed by atoms with Crippen LogP contribution in [0.3, 0.4) is 0 Å². The van der Waals surface area contributed by atoms with Gasteiger partial charge >= 0.3 is 0 Å². The van der Waals surface area contributed by atoms with Crippen LogP contribution in [0.2, 0.25) is 0 Å². The highest BCUT2D eigenvalue weighted by atomic mass is 32.1. The maximum absolute atomic E-state index is 5.30. The highest BCUT2D eigenvalue weighted by Crippen LogP contribution is 2.18. The Morgan fingerprint density at radius 1 is 1.17 bits per heavy atom. The Labute approximate surface area is 111 Å². The summed E-state index contributed by atoms with van der Waals surface area (Å²) in [5, 5.41) is 3.36. The smallest absolute Gasteiger partial charge is 0.225 e. The van der Waals surface area contributed by atoms with Gasteiger partial charge in [-0.15, -0.1) is 0 Å². The summed E-state index contributed by atoms with van der Waals surface area (Å²) in [4.78, 5) is 1.15. The fourth-order valence-corrected chi connectivity index (χ4v) is 2.30. The van der Waals surface area contributed by atoms with Gasteiger partial charge in [-0.25, -0.2) is 0 Å². The van der Waals surface area contributed by atoms with Crippen LogP contribution in [0.15, 0.2) is 30.3 Å². The molecular weight excluding hydrogens is 248 g/mol. The van der Waals surface area contributed by atoms with Crippen LogP contribution >= 0.6 is 11.5 Å². The van der Waals surface area contributed by atoms with Crippen molar-refractivity contribution in [1.29, 1.82) is 0 Å². The minimum Gasteiger partial charge on any atom is -0.496 e. The van der Waals surface area contributed by atoms with Gasteiger partial charge in [0.05, 0.1) is 14.2 Å². The predicted octanol–water partition coefficient (Wildman–Crippen LogP) is 2.45. The molecule has 1 heterocycles. The van der Waals surface area contributed by atoms with Gasteiger partial charge in [0, 0.05) is 29.6 Å². The molecular formula is C13H16N2O2S. The molecule has 0 fully saturated rings. The summed E-state index contributed by atoms with van der Waals surface area (Å²) in [5.41, 5.74) is 1.15. The summed E-state index contributed by atoms with van der Waals surface area (Å²) in [7, 11) is 3.31. The third-order valence-corrected chi connectivity index (χ3v) is 3.32. The van der Waals surface area contributed by atoms with Crippen molar-refractivity contribution in [1.82, 2.24) is 9.69 Å². The molecule has 1 aromatic carbocycles. The Morgan fingerprint density at radius 3 is 2.72 bits per heavy atom. The molecule has 5 heteroatoms. The Kier molecular flexibility index (Phi) is 4.55. The predicted molar refractivity (Wildman–Crippen MR) is 72.2 cm³/mol. The van der Waals surface area contributed by atoms with Crippen molar-refractivity contribution in [3.63, 3.8) is 0 Å². The molecule has 0 unspecified atom stereocenters. The first-order valence-electron chi connectivity index (χ1n) is 5.65. The molecule has 4 nitrogen and oxygen atoms in total. The van der Waals surface area contributed by atoms with Crippen LogP contribution in [0.4, 0.5) is 0 Å². The first-order chi connectivity index (χ1) is 8.83. The SMILES string of the molecule is COc1cc(CNCc2ccccc2OC)sn1. The molecule has 2 rings (SSSR count). The molecule has 0 atom stereocenters. The van der Waals surface area contributed by atoms with Crippen LogP contribution in [0.25, 0.3) is 0 Å². The van der Waals surface area contributed by atoms with E-state index in [-0.39, 0.29) is 0 Å². The third kappa shape index (κ3) is 3.21. The molecule has 0 bridgehead atoms. The summed E-state index contributed by atoms with van der Waals surface area (Å²) < 4.78 is 14.5. The molecule has 1 N–H and O–H groups in total. The first kappa shape index (κ1) is 12.9. The zero-order valence-corrected chi connectivity index (χ0v) is 11.3. The monoisotopic (exact) mass is 264 g/mol. The minimum absolute atomic E-state index is 0.675. The van der Waals surface area contributed by atoms with Crippen molar-refractivity contribution in [3.8, 4) is 11.6 Å². The van der Waals surface area contributed by atoms with Crippen molar-refractivity contribution in [2.45, 2.75) is 13.1 Å². The van der Waals surface area contributed by atoms with Crippen LogP contribution in [-0.4, -0.2) is 18.6 Å². The number of para-hydroxylation sites is 1. The number of hydrogen-bond acceptors (Lipinski definition) is 5. The van der Waals surface area contributed by atoms with Crippen LogP contribution in [0.1, 0.15) is 10.4 Å². The summed E-state index contributed by atoms with van der Waals surface area (Å²) in [5.74, 6) is 1.58. The highest BCUT2D eigenvalue weighted by Gasteiger charge is 2.03. The lowest BCUT2D eigenvalue weighted by atomic mass is 10.2. The van der Waals surface area contributed by atoms with E-state index in [1.165, 1.54) is 11.5 Å². The average Bonchev–Trinajstić information content (AvgIpc) is 2.87. The fraction of sp³-hybridized carbons (Fsp3) is 0.308. The number of rotatable bonds is 6. The molecule has 1 aromatic heterocycles. The quantitative estimate of drug-likeness (QED) is 0.870. The topological polar surface area (TPSA) is 43.4 Å². The molecule has 0 aliphatic rings. The number of benzene rings is 1. The third-order valence-electron chi connectivity index (χ3n) is 2.55. The largest absolute Gasteiger partial charge is 0.496 e. The van der Waals surface area contributed by atoms with Crippen LogP contribution in [-0.2, 0) is 13.1 Å². The second kappa shape index (κ2) is 6.37. The van der Waals surface area contributed by atoms with Crippen LogP contribution in [0, 0.1) is 0 Å². The second-order valence-corrected chi connectivity index (χ2v) is 4.64. The zero-order chi connectivity index (χ0) is 12.8. The van der Waals surface area contributed by atoms with E-state index in [2.05, 4.69) is 15.8 Å². The van der Waals surface area contributed by atoms with E-state index in [0.29, 0.717) is 5.88 Å². The normalized spacial score (nSPS) is 10.3. The van der Waals surface area contributed by atoms with Gasteiger partial charge in [-0.1, -0.05) is 18.2 Å². The Bertz CT molecular complexity index is 499. The molecule has 0 aliphatic heterocycles. The highest BCUT2D eigenvalue weighted by molar-refractivity contribution is 7.05. The molecule has 2 aromatic rings. The Balaban J connectivity index is 1.88. The van der Waals surface area contributed by atoms with Gasteiger partial charge in [0.2, 0.25) is 5.88 Å². The molecule has 0 aliphatic carbocycles. The van der Waals surface area contributed by atoms with Crippen molar-refractivity contribution in [2.24, 2.45) is 0 Å². The molecule has 0 saturated heterocycles. The lowest BCUT2D eigenvalue weighted by Crippen LogP contribution is -2.12. The van der Waals surface area contributed by atoms with Gasteiger partial charge in [0.25, 0.3) is 0 Å². The molecule has 0 spiro atoms. The van der Waals surface area contributed by atoms with E-state index >= 15 is 0 Å². The first-order valence-corrected chi connectivity index (χ1v) is 6.43. The Morgan fingerprint density at radius 2 is 2.00 bits per heavy atom. The van der Waals surface area contributed by atoms with Gasteiger partial charge in [0.1, 0.15) is 5.75 Å². The van der Waals surface area contributed by atoms with Gasteiger partial charge in [-0.05, 0) is 17.6 Å². The number of ether oxygens (including phenoxy) is 2. The number of aromatic nitrogens is 1. The number of methoxy groups -OCH3 is 2. The van der Waals surface area contributed by atoms with E-state index in [0.717, 1.165) is 29.3 Å². The summed E-state index contributed by atoms with van der Waals surface area (Å²) in [6.45, 7) is 1.54. The van der Waals surface area contributed by atoms with E-state index in [9.17, 15) is 0 Å². The van der Waals surface area contributed by atoms with Crippen LogP contribution < -0.4 is 14.8 Å². The van der Waals surface area contributed by atoms with Crippen molar-refractivity contribution >= 4 is 11.5 Å². The maximum Gasteiger partial charge on any atom is 0.225 e. The minimum atomic E-state index is 0.675. The lowest BCUT2D eigenvalue weighted by molar-refractivity contribution is 0.402. The number of nitrogens with one attached hydrogen (secondary N) is 1. The lowest BCUT2D eigenvalue weighted by Gasteiger charge is -2.08. The summed E-state index contributed by atoms with van der Waals surface area (Å²) in [6.07, 6.45) is 0. The van der Waals surface area contributed by atoms with Gasteiger partial charge in [-0.2, -0.15) is 4.37 Å². The summed E-state index contributed by atoms with van der Waals surface area (Å²) in [6, 6.07) is 9.94. The molecule has 0 radical (unpaired) electrons. The van der Waals surface area contributed by atoms with Gasteiger partial charge < -0.3 is 14.8 Å². The van der Waals surface area contributed by atoms with Crippen molar-refractivity contribution < 1.29 is 9.47 Å². The second-order valence-electron chi connectivity index (χ2n) is 3.75. The average molecular weight is 264 g/mol. The van der Waals surface area contributed by atoms with Crippen molar-refractivity contribution in [2.75, 3.05) is 14.2 Å². The number of hydrogen-bond donors (Lipinski definition) is 1. The molecule has 0 saturated carbocycles. The fourth-order valence-electron chi connectivity index (χ4n) is 1.64. The zero-order valence-electron chi connectivity index (χ0n) is 10.5. The Hall–Kier alpha value is -1.59. The maximum atomic E-state index is 5.30. The van der Waals surface area contributed by atoms with Crippen molar-refractivity contribution in [3.05, 3.63) is 40.8 Å². The van der Waals surface area contributed by atoms with Crippen LogP contribution in [0.5, 0.6) is 11.6 Å². The number of nitrogens with zero attached hydrogens (tertiary/aromatic N) is 1. The molecule has 18 heavy (non-hydrogen) atoms. The molecule has 96 valence electrons. The van der Waals surface area contributed by atoms with E-state index in [4.69, 9.17) is 9.47 Å². The molecule has 0 amide bonds. The van der Waals surface area contributed by atoms with Gasteiger partial charge in [0.15, 0.2) is 0 Å². The van der Waals surface area contributed by atoms with Gasteiger partial charge in [-0.3, -0.25) is 0 Å². The summed E-state index contributed by atoms with van der Waals surface area (Å²) >= 11 is 1.45. The standard InChI is InChI=1S/C13H16N2O2S/c1-16-12-6-4-3-5-10(12)8-14-9-11-7-13(17-2)15-18-11/h3-7,14H,8-9H2,1-2H3.